The number of hydrogen-bond acceptors (Lipinski definition) is 3. The molecule has 0 aliphatic rings. The number of thiazole rings is 1. The summed E-state index contributed by atoms with van der Waals surface area (Å²) in [4.78, 5) is 13.9. The second-order valence-electron chi connectivity index (χ2n) is 10.4. The molecule has 1 amide bonds. The lowest BCUT2D eigenvalue weighted by atomic mass is 10.1. The summed E-state index contributed by atoms with van der Waals surface area (Å²) < 4.78 is 8.15. The van der Waals surface area contributed by atoms with Crippen LogP contribution in [-0.2, 0) is 17.8 Å². The Morgan fingerprint density at radius 3 is 2.13 bits per heavy atom. The van der Waals surface area contributed by atoms with Gasteiger partial charge in [-0.3, -0.25) is 4.79 Å². The van der Waals surface area contributed by atoms with Gasteiger partial charge in [0.15, 0.2) is 12.7 Å². The number of benzene rings is 2. The topological polar surface area (TPSA) is 42.2 Å². The monoisotopic (exact) mass is 535 g/mol. The molecule has 1 N–H and O–H groups in total. The molecule has 0 unspecified atom stereocenters. The minimum absolute atomic E-state index is 0.0151. The van der Waals surface area contributed by atoms with Gasteiger partial charge in [-0.2, -0.15) is 4.57 Å². The van der Waals surface area contributed by atoms with Crippen LogP contribution in [0.2, 0.25) is 0 Å². The van der Waals surface area contributed by atoms with Crippen molar-refractivity contribution >= 4 is 22.9 Å². The Morgan fingerprint density at radius 1 is 0.842 bits per heavy atom. The molecule has 5 heteroatoms. The molecule has 0 atom stereocenters. The Bertz CT molecular complexity index is 1060. The van der Waals surface area contributed by atoms with Gasteiger partial charge in [-0.05, 0) is 43.2 Å². The van der Waals surface area contributed by atoms with Crippen LogP contribution in [-0.4, -0.2) is 12.5 Å². The lowest BCUT2D eigenvalue weighted by molar-refractivity contribution is -0.683. The highest BCUT2D eigenvalue weighted by Crippen LogP contribution is 2.17. The van der Waals surface area contributed by atoms with E-state index in [-0.39, 0.29) is 5.91 Å². The van der Waals surface area contributed by atoms with Crippen molar-refractivity contribution in [3.05, 3.63) is 76.2 Å². The third-order valence-electron chi connectivity index (χ3n) is 6.85. The molecule has 1 aromatic heterocycles. The molecule has 0 radical (unpaired) electrons. The second-order valence-corrected chi connectivity index (χ2v) is 11.5. The third-order valence-corrected chi connectivity index (χ3v) is 7.71. The van der Waals surface area contributed by atoms with Gasteiger partial charge in [0.1, 0.15) is 5.75 Å². The Morgan fingerprint density at radius 2 is 1.50 bits per heavy atom. The molecule has 0 aliphatic heterocycles. The lowest BCUT2D eigenvalue weighted by Crippen LogP contribution is -2.30. The van der Waals surface area contributed by atoms with Crippen LogP contribution in [0, 0.1) is 6.92 Å². The average molecular weight is 536 g/mol. The van der Waals surface area contributed by atoms with Crippen molar-refractivity contribution in [1.82, 2.24) is 0 Å². The van der Waals surface area contributed by atoms with E-state index in [1.807, 2.05) is 36.4 Å². The first kappa shape index (κ1) is 29.9. The highest BCUT2D eigenvalue weighted by molar-refractivity contribution is 7.09. The van der Waals surface area contributed by atoms with Gasteiger partial charge in [0.25, 0.3) is 0 Å². The van der Waals surface area contributed by atoms with Gasteiger partial charge in [-0.1, -0.05) is 113 Å². The van der Waals surface area contributed by atoms with Crippen LogP contribution >= 0.6 is 11.3 Å². The predicted molar refractivity (Wildman–Crippen MR) is 160 cm³/mol. The summed E-state index contributed by atoms with van der Waals surface area (Å²) in [5.74, 6) is 0.836. The van der Waals surface area contributed by atoms with Crippen LogP contribution in [0.5, 0.6) is 5.75 Å². The number of nitrogens with zero attached hydrogens (tertiary/aromatic N) is 1. The largest absolute Gasteiger partial charge is 0.494 e. The maximum Gasteiger partial charge on any atom is 0.228 e. The number of carbonyl (C=O) groups excluding carboxylic acids is 1. The van der Waals surface area contributed by atoms with Crippen LogP contribution in [0.25, 0.3) is 0 Å². The number of unbranched alkanes of at least 4 members (excludes halogenated alkanes) is 11. The zero-order chi connectivity index (χ0) is 26.8. The number of carbonyl (C=O) groups is 1. The predicted octanol–water partition coefficient (Wildman–Crippen LogP) is 8.65. The van der Waals surface area contributed by atoms with Crippen molar-refractivity contribution in [3.63, 3.8) is 0 Å². The van der Waals surface area contributed by atoms with Gasteiger partial charge < -0.3 is 10.1 Å². The highest BCUT2D eigenvalue weighted by atomic mass is 32.1. The van der Waals surface area contributed by atoms with Crippen LogP contribution < -0.4 is 14.6 Å². The van der Waals surface area contributed by atoms with E-state index in [9.17, 15) is 4.79 Å². The molecular weight excluding hydrogens is 488 g/mol. The van der Waals surface area contributed by atoms with Gasteiger partial charge in [-0.25, -0.2) is 0 Å². The number of rotatable bonds is 19. The maximum atomic E-state index is 12.6. The number of aryl methyl sites for hydroxylation is 1. The molecule has 0 fully saturated rings. The molecule has 3 rings (SSSR count). The zero-order valence-electron chi connectivity index (χ0n) is 23.6. The molecule has 0 saturated heterocycles. The van der Waals surface area contributed by atoms with E-state index < -0.39 is 0 Å². The summed E-state index contributed by atoms with van der Waals surface area (Å²) in [5, 5.41) is 3.02. The van der Waals surface area contributed by atoms with E-state index in [1.54, 1.807) is 11.3 Å². The van der Waals surface area contributed by atoms with Crippen molar-refractivity contribution in [2.75, 3.05) is 11.9 Å². The van der Waals surface area contributed by atoms with E-state index >= 15 is 0 Å². The van der Waals surface area contributed by atoms with E-state index in [0.717, 1.165) is 36.6 Å². The van der Waals surface area contributed by atoms with Crippen LogP contribution in [0.4, 0.5) is 5.69 Å². The van der Waals surface area contributed by atoms with Crippen molar-refractivity contribution in [2.45, 2.75) is 104 Å². The average Bonchev–Trinajstić information content (AvgIpc) is 3.32. The van der Waals surface area contributed by atoms with Crippen molar-refractivity contribution in [2.24, 2.45) is 0 Å². The molecule has 2 aromatic carbocycles. The summed E-state index contributed by atoms with van der Waals surface area (Å²) >= 11 is 1.75. The fourth-order valence-electron chi connectivity index (χ4n) is 4.70. The first-order chi connectivity index (χ1) is 18.6. The number of aromatic nitrogens is 1. The summed E-state index contributed by atoms with van der Waals surface area (Å²) in [6.07, 6.45) is 18.6. The number of nitrogens with one attached hydrogen (secondary N) is 1. The molecule has 0 aliphatic carbocycles. The van der Waals surface area contributed by atoms with E-state index in [4.69, 9.17) is 4.74 Å². The highest BCUT2D eigenvalue weighted by Gasteiger charge is 2.08. The van der Waals surface area contributed by atoms with E-state index in [0.29, 0.717) is 6.42 Å². The fourth-order valence-corrected chi connectivity index (χ4v) is 5.33. The normalized spacial score (nSPS) is 11.0. The minimum Gasteiger partial charge on any atom is -0.494 e. The quantitative estimate of drug-likeness (QED) is 0.123. The van der Waals surface area contributed by atoms with Crippen LogP contribution in [0.15, 0.2) is 60.2 Å². The first-order valence-electron chi connectivity index (χ1n) is 14.7. The molecule has 4 nitrogen and oxygen atoms in total. The Balaban J connectivity index is 1.27. The molecular formula is C33H47N2O2S+. The van der Waals surface area contributed by atoms with Gasteiger partial charge in [0.2, 0.25) is 11.4 Å². The SMILES string of the molecule is CCCCCCCCCCCCCCOc1cccc(CC(=O)Nc2ccc(C[n+]3csc(C)c3)cc2)c1. The fraction of sp³-hybridized carbons (Fsp3) is 0.515. The Labute approximate surface area is 234 Å². The van der Waals surface area contributed by atoms with Crippen molar-refractivity contribution < 1.29 is 14.1 Å². The van der Waals surface area contributed by atoms with E-state index in [2.05, 4.69) is 47.6 Å². The maximum absolute atomic E-state index is 12.6. The summed E-state index contributed by atoms with van der Waals surface area (Å²) in [7, 11) is 0. The Kier molecular flexibility index (Phi) is 14.0. The third kappa shape index (κ3) is 12.3. The van der Waals surface area contributed by atoms with Gasteiger partial charge >= 0.3 is 0 Å². The second kappa shape index (κ2) is 17.8. The minimum atomic E-state index is -0.0151. The molecule has 1 heterocycles. The van der Waals surface area contributed by atoms with Gasteiger partial charge in [0, 0.05) is 11.3 Å². The number of anilines is 1. The van der Waals surface area contributed by atoms with E-state index in [1.165, 1.54) is 81.1 Å². The van der Waals surface area contributed by atoms with Gasteiger partial charge in [-0.15, -0.1) is 0 Å². The van der Waals surface area contributed by atoms with Crippen molar-refractivity contribution in [1.29, 1.82) is 0 Å². The molecule has 3 aromatic rings. The number of amides is 1. The smallest absolute Gasteiger partial charge is 0.228 e. The standard InChI is InChI=1S/C33H46N2O2S/c1-3-4-5-6-7-8-9-10-11-12-13-14-22-37-32-17-15-16-30(23-32)24-33(36)34-31-20-18-29(19-21-31)26-35-25-28(2)38-27-35/h15-21,23,25,27H,3-14,22,24,26H2,1-2H3/p+1. The molecule has 206 valence electrons. The number of ether oxygens (including phenoxy) is 1. The molecule has 0 bridgehead atoms. The number of hydrogen-bond donors (Lipinski definition) is 1. The molecule has 0 saturated carbocycles. The summed E-state index contributed by atoms with van der Waals surface area (Å²) in [6.45, 7) is 5.97. The summed E-state index contributed by atoms with van der Waals surface area (Å²) in [6, 6.07) is 16.0. The van der Waals surface area contributed by atoms with Gasteiger partial charge in [0.05, 0.1) is 17.9 Å². The summed E-state index contributed by atoms with van der Waals surface area (Å²) in [5.41, 5.74) is 5.13. The van der Waals surface area contributed by atoms with Crippen molar-refractivity contribution in [3.8, 4) is 5.75 Å². The molecule has 0 spiro atoms. The van der Waals surface area contributed by atoms with Crippen LogP contribution in [0.1, 0.15) is 100.0 Å². The van der Waals surface area contributed by atoms with Crippen LogP contribution in [0.3, 0.4) is 0 Å². The first-order valence-corrected chi connectivity index (χ1v) is 15.5. The molecule has 38 heavy (non-hydrogen) atoms. The zero-order valence-corrected chi connectivity index (χ0v) is 24.4. The lowest BCUT2D eigenvalue weighted by Gasteiger charge is -2.09. The Hall–Kier alpha value is -2.66.